The zero-order valence-electron chi connectivity index (χ0n) is 18.2. The van der Waals surface area contributed by atoms with E-state index in [2.05, 4.69) is 15.5 Å². The number of carbonyl (C=O) groups excluding carboxylic acids is 1. The predicted molar refractivity (Wildman–Crippen MR) is 138 cm³/mol. The van der Waals surface area contributed by atoms with Crippen LogP contribution in [0, 0.1) is 0 Å². The number of amides is 1. The Morgan fingerprint density at radius 3 is 2.03 bits per heavy atom. The van der Waals surface area contributed by atoms with Gasteiger partial charge in [-0.1, -0.05) is 96.7 Å². The van der Waals surface area contributed by atoms with Crippen molar-refractivity contribution >= 4 is 29.0 Å². The van der Waals surface area contributed by atoms with Gasteiger partial charge in [0.2, 0.25) is 5.91 Å². The molecular formula is C27H22N4OS2. The molecule has 0 atom stereocenters. The smallest absolute Gasteiger partial charge is 0.231 e. The molecule has 1 amide bonds. The third-order valence-electron chi connectivity index (χ3n) is 5.29. The van der Waals surface area contributed by atoms with E-state index >= 15 is 0 Å². The Morgan fingerprint density at radius 2 is 1.44 bits per heavy atom. The average molecular weight is 483 g/mol. The minimum atomic E-state index is -0.218. The quantitative estimate of drug-likeness (QED) is 0.276. The molecular weight excluding hydrogens is 460 g/mol. The van der Waals surface area contributed by atoms with Crippen molar-refractivity contribution in [2.75, 3.05) is 5.75 Å². The summed E-state index contributed by atoms with van der Waals surface area (Å²) in [5, 5.41) is 14.8. The minimum absolute atomic E-state index is 0.0667. The molecule has 0 unspecified atom stereocenters. The van der Waals surface area contributed by atoms with Gasteiger partial charge in [0, 0.05) is 5.69 Å². The first-order chi connectivity index (χ1) is 16.8. The van der Waals surface area contributed by atoms with Gasteiger partial charge in [0.25, 0.3) is 0 Å². The molecule has 0 bridgehead atoms. The van der Waals surface area contributed by atoms with Gasteiger partial charge in [-0.2, -0.15) is 0 Å². The van der Waals surface area contributed by atoms with E-state index in [0.717, 1.165) is 27.5 Å². The number of nitrogens with one attached hydrogen (secondary N) is 1. The van der Waals surface area contributed by atoms with E-state index in [4.69, 9.17) is 0 Å². The fourth-order valence-corrected chi connectivity index (χ4v) is 5.18. The van der Waals surface area contributed by atoms with E-state index in [-0.39, 0.29) is 17.7 Å². The predicted octanol–water partition coefficient (Wildman–Crippen LogP) is 5.99. The monoisotopic (exact) mass is 482 g/mol. The maximum atomic E-state index is 13.1. The molecule has 1 N–H and O–H groups in total. The van der Waals surface area contributed by atoms with Crippen molar-refractivity contribution < 1.29 is 4.79 Å². The number of benzene rings is 3. The number of nitrogens with zero attached hydrogens (tertiary/aromatic N) is 3. The van der Waals surface area contributed by atoms with Crippen LogP contribution in [0.5, 0.6) is 0 Å². The summed E-state index contributed by atoms with van der Waals surface area (Å²) in [5.74, 6) is 0.935. The maximum absolute atomic E-state index is 13.1. The summed E-state index contributed by atoms with van der Waals surface area (Å²) in [6.45, 7) is 0. The average Bonchev–Trinajstić information content (AvgIpc) is 3.58. The molecule has 0 fully saturated rings. The second kappa shape index (κ2) is 10.5. The molecule has 0 aliphatic rings. The van der Waals surface area contributed by atoms with Crippen molar-refractivity contribution in [2.45, 2.75) is 11.2 Å². The van der Waals surface area contributed by atoms with Crippen LogP contribution in [-0.4, -0.2) is 26.4 Å². The van der Waals surface area contributed by atoms with E-state index in [1.165, 1.54) is 11.8 Å². The summed E-state index contributed by atoms with van der Waals surface area (Å²) in [7, 11) is 0. The van der Waals surface area contributed by atoms with Gasteiger partial charge in [0.1, 0.15) is 0 Å². The van der Waals surface area contributed by atoms with Crippen molar-refractivity contribution in [1.82, 2.24) is 20.1 Å². The minimum Gasteiger partial charge on any atom is -0.344 e. The highest BCUT2D eigenvalue weighted by molar-refractivity contribution is 7.99. The Kier molecular flexibility index (Phi) is 6.84. The highest BCUT2D eigenvalue weighted by Crippen LogP contribution is 2.30. The van der Waals surface area contributed by atoms with Crippen LogP contribution in [0.25, 0.3) is 16.4 Å². The molecule has 0 saturated heterocycles. The van der Waals surface area contributed by atoms with Crippen LogP contribution >= 0.6 is 23.1 Å². The fourth-order valence-electron chi connectivity index (χ4n) is 3.72. The molecule has 5 rings (SSSR count). The number of hydrogen-bond acceptors (Lipinski definition) is 5. The van der Waals surface area contributed by atoms with Crippen LogP contribution in [0.1, 0.15) is 17.2 Å². The van der Waals surface area contributed by atoms with Gasteiger partial charge < -0.3 is 5.32 Å². The Bertz CT molecular complexity index is 1300. The molecule has 5 aromatic rings. The summed E-state index contributed by atoms with van der Waals surface area (Å²) >= 11 is 3.00. The number of carbonyl (C=O) groups is 1. The molecule has 7 heteroatoms. The van der Waals surface area contributed by atoms with Gasteiger partial charge in [-0.15, -0.1) is 21.5 Å². The van der Waals surface area contributed by atoms with E-state index in [1.54, 1.807) is 11.3 Å². The summed E-state index contributed by atoms with van der Waals surface area (Å²) < 4.78 is 2.01. The lowest BCUT2D eigenvalue weighted by Crippen LogP contribution is -2.30. The van der Waals surface area contributed by atoms with Crippen LogP contribution in [0.4, 0.5) is 0 Å². The molecule has 0 aliphatic carbocycles. The van der Waals surface area contributed by atoms with Gasteiger partial charge in [0.05, 0.1) is 16.7 Å². The largest absolute Gasteiger partial charge is 0.344 e. The molecule has 2 heterocycles. The van der Waals surface area contributed by atoms with Crippen LogP contribution < -0.4 is 5.32 Å². The summed E-state index contributed by atoms with van der Waals surface area (Å²) in [6.07, 6.45) is 0. The number of para-hydroxylation sites is 1. The molecule has 34 heavy (non-hydrogen) atoms. The van der Waals surface area contributed by atoms with Crippen molar-refractivity contribution in [1.29, 1.82) is 0 Å². The SMILES string of the molecule is O=C(CSc1nnc(-c2cccs2)n1-c1ccccc1)NC(c1ccccc1)c1ccccc1. The van der Waals surface area contributed by atoms with Crippen molar-refractivity contribution in [3.63, 3.8) is 0 Å². The zero-order chi connectivity index (χ0) is 23.2. The molecule has 0 aliphatic heterocycles. The number of thiophene rings is 1. The Morgan fingerprint density at radius 1 is 0.824 bits per heavy atom. The number of aromatic nitrogens is 3. The van der Waals surface area contributed by atoms with Gasteiger partial charge in [-0.25, -0.2) is 0 Å². The van der Waals surface area contributed by atoms with Gasteiger partial charge >= 0.3 is 0 Å². The first-order valence-corrected chi connectivity index (χ1v) is 12.7. The van der Waals surface area contributed by atoms with Crippen molar-refractivity contribution in [2.24, 2.45) is 0 Å². The van der Waals surface area contributed by atoms with Crippen LogP contribution in [-0.2, 0) is 4.79 Å². The van der Waals surface area contributed by atoms with Crippen LogP contribution in [0.15, 0.2) is 114 Å². The Labute approximate surface area is 206 Å². The van der Waals surface area contributed by atoms with Gasteiger partial charge in [0.15, 0.2) is 11.0 Å². The molecule has 3 aromatic carbocycles. The highest BCUT2D eigenvalue weighted by Gasteiger charge is 2.20. The van der Waals surface area contributed by atoms with Crippen molar-refractivity contribution in [3.05, 3.63) is 120 Å². The molecule has 0 radical (unpaired) electrons. The number of thioether (sulfide) groups is 1. The third kappa shape index (κ3) is 4.95. The molecule has 168 valence electrons. The van der Waals surface area contributed by atoms with E-state index in [1.807, 2.05) is 113 Å². The Hall–Kier alpha value is -3.68. The highest BCUT2D eigenvalue weighted by atomic mass is 32.2. The summed E-state index contributed by atoms with van der Waals surface area (Å²) in [5.41, 5.74) is 3.05. The number of rotatable bonds is 8. The number of hydrogen-bond donors (Lipinski definition) is 1. The summed E-state index contributed by atoms with van der Waals surface area (Å²) in [4.78, 5) is 14.1. The second-order valence-electron chi connectivity index (χ2n) is 7.57. The van der Waals surface area contributed by atoms with Gasteiger partial charge in [-0.05, 0) is 34.7 Å². The molecule has 0 spiro atoms. The molecule has 2 aromatic heterocycles. The molecule has 0 saturated carbocycles. The first kappa shape index (κ1) is 22.1. The van der Waals surface area contributed by atoms with Crippen molar-refractivity contribution in [3.8, 4) is 16.4 Å². The van der Waals surface area contributed by atoms with E-state index in [0.29, 0.717) is 5.16 Å². The standard InChI is InChI=1S/C27H22N4OS2/c32-24(28-25(20-11-4-1-5-12-20)21-13-6-2-7-14-21)19-34-27-30-29-26(23-17-10-18-33-23)31(27)22-15-8-3-9-16-22/h1-18,25H,19H2,(H,28,32). The Balaban J connectivity index is 1.37. The molecule has 5 nitrogen and oxygen atoms in total. The van der Waals surface area contributed by atoms with Crippen LogP contribution in [0.3, 0.4) is 0 Å². The fraction of sp³-hybridized carbons (Fsp3) is 0.0741. The van der Waals surface area contributed by atoms with E-state index in [9.17, 15) is 4.79 Å². The van der Waals surface area contributed by atoms with Crippen LogP contribution in [0.2, 0.25) is 0 Å². The zero-order valence-corrected chi connectivity index (χ0v) is 19.9. The lowest BCUT2D eigenvalue weighted by molar-refractivity contribution is -0.119. The first-order valence-electron chi connectivity index (χ1n) is 10.9. The third-order valence-corrected chi connectivity index (χ3v) is 7.09. The topological polar surface area (TPSA) is 59.8 Å². The lowest BCUT2D eigenvalue weighted by Gasteiger charge is -2.20. The van der Waals surface area contributed by atoms with Gasteiger partial charge in [-0.3, -0.25) is 9.36 Å². The van der Waals surface area contributed by atoms with E-state index < -0.39 is 0 Å². The lowest BCUT2D eigenvalue weighted by atomic mass is 9.99. The normalized spacial score (nSPS) is 11.0. The maximum Gasteiger partial charge on any atom is 0.231 e. The second-order valence-corrected chi connectivity index (χ2v) is 9.46. The summed E-state index contributed by atoms with van der Waals surface area (Å²) in [6, 6.07) is 33.8.